The summed E-state index contributed by atoms with van der Waals surface area (Å²) in [6.07, 6.45) is 0.0771. The van der Waals surface area contributed by atoms with Gasteiger partial charge in [-0.2, -0.15) is 0 Å². The third-order valence-electron chi connectivity index (χ3n) is 2.85. The van der Waals surface area contributed by atoms with Gasteiger partial charge in [0.25, 0.3) is 5.91 Å². The first-order valence-corrected chi connectivity index (χ1v) is 7.04. The molecule has 0 fully saturated rings. The van der Waals surface area contributed by atoms with Gasteiger partial charge < -0.3 is 20.5 Å². The molecule has 0 bridgehead atoms. The Kier molecular flexibility index (Phi) is 7.45. The lowest BCUT2D eigenvalue weighted by molar-refractivity contribution is -0.139. The predicted octanol–water partition coefficient (Wildman–Crippen LogP) is 1.40. The number of aliphatic carboxylic acids is 1. The molecule has 1 rings (SSSR count). The van der Waals surface area contributed by atoms with Gasteiger partial charge in [0.1, 0.15) is 6.04 Å². The highest BCUT2D eigenvalue weighted by Gasteiger charge is 2.20. The summed E-state index contributed by atoms with van der Waals surface area (Å²) in [7, 11) is 0. The average molecular weight is 308 g/mol. The molecule has 0 aliphatic rings. The average Bonchev–Trinajstić information content (AvgIpc) is 2.51. The monoisotopic (exact) mass is 308 g/mol. The molecule has 0 aromatic heterocycles. The predicted molar refractivity (Wildman–Crippen MR) is 79.6 cm³/mol. The largest absolute Gasteiger partial charge is 0.480 e. The standard InChI is InChI=1S/C15H20N2O5/c1-2-22-15(21)16-10-6-9-12(14(19)20)17-13(18)11-7-4-3-5-8-11/h3-5,7-8,12H,2,6,9-10H2,1H3,(H,16,21)(H,17,18)(H,19,20)/t12-/m0/s1. The molecule has 0 saturated heterocycles. The quantitative estimate of drug-likeness (QED) is 0.630. The molecular weight excluding hydrogens is 288 g/mol. The lowest BCUT2D eigenvalue weighted by atomic mass is 10.1. The number of carboxylic acids is 1. The van der Waals surface area contributed by atoms with E-state index in [4.69, 9.17) is 5.11 Å². The Hall–Kier alpha value is -2.57. The first kappa shape index (κ1) is 17.5. The molecule has 3 N–H and O–H groups in total. The summed E-state index contributed by atoms with van der Waals surface area (Å²) in [6, 6.07) is 7.39. The molecule has 7 nitrogen and oxygen atoms in total. The van der Waals surface area contributed by atoms with E-state index in [9.17, 15) is 14.4 Å². The van der Waals surface area contributed by atoms with Crippen LogP contribution in [0.4, 0.5) is 4.79 Å². The summed E-state index contributed by atoms with van der Waals surface area (Å²) >= 11 is 0. The van der Waals surface area contributed by atoms with Gasteiger partial charge in [0.2, 0.25) is 0 Å². The Morgan fingerprint density at radius 3 is 2.50 bits per heavy atom. The van der Waals surface area contributed by atoms with Gasteiger partial charge in [-0.15, -0.1) is 0 Å². The zero-order chi connectivity index (χ0) is 16.4. The van der Waals surface area contributed by atoms with Crippen LogP contribution in [0.2, 0.25) is 0 Å². The van der Waals surface area contributed by atoms with Crippen molar-refractivity contribution in [2.75, 3.05) is 13.2 Å². The Morgan fingerprint density at radius 1 is 1.23 bits per heavy atom. The van der Waals surface area contributed by atoms with Crippen molar-refractivity contribution in [1.29, 1.82) is 0 Å². The van der Waals surface area contributed by atoms with Crippen molar-refractivity contribution in [2.45, 2.75) is 25.8 Å². The van der Waals surface area contributed by atoms with Crippen molar-refractivity contribution in [3.05, 3.63) is 35.9 Å². The molecule has 0 aliphatic carbocycles. The summed E-state index contributed by atoms with van der Waals surface area (Å²) in [5, 5.41) is 14.1. The number of benzene rings is 1. The SMILES string of the molecule is CCOC(=O)NCCC[C@H](NC(=O)c1ccccc1)C(=O)O. The van der Waals surface area contributed by atoms with Crippen LogP contribution in [-0.4, -0.2) is 42.3 Å². The fourth-order valence-corrected chi connectivity index (χ4v) is 1.77. The van der Waals surface area contributed by atoms with Crippen molar-refractivity contribution >= 4 is 18.0 Å². The van der Waals surface area contributed by atoms with Gasteiger partial charge in [-0.1, -0.05) is 18.2 Å². The number of hydrogen-bond donors (Lipinski definition) is 3. The van der Waals surface area contributed by atoms with Crippen molar-refractivity contribution in [2.24, 2.45) is 0 Å². The molecule has 22 heavy (non-hydrogen) atoms. The smallest absolute Gasteiger partial charge is 0.407 e. The maximum atomic E-state index is 11.9. The number of rotatable bonds is 8. The molecule has 0 spiro atoms. The van der Waals surface area contributed by atoms with E-state index in [1.54, 1.807) is 37.3 Å². The maximum absolute atomic E-state index is 11.9. The number of alkyl carbamates (subject to hydrolysis) is 1. The summed E-state index contributed by atoms with van der Waals surface area (Å²) in [6.45, 7) is 2.25. The molecule has 0 aliphatic heterocycles. The maximum Gasteiger partial charge on any atom is 0.407 e. The van der Waals surface area contributed by atoms with Gasteiger partial charge in [0.15, 0.2) is 0 Å². The number of nitrogens with one attached hydrogen (secondary N) is 2. The number of ether oxygens (including phenoxy) is 1. The fraction of sp³-hybridized carbons (Fsp3) is 0.400. The Morgan fingerprint density at radius 2 is 1.91 bits per heavy atom. The van der Waals surface area contributed by atoms with Crippen LogP contribution in [-0.2, 0) is 9.53 Å². The summed E-state index contributed by atoms with van der Waals surface area (Å²) in [4.78, 5) is 34.2. The Balaban J connectivity index is 2.41. The topological polar surface area (TPSA) is 105 Å². The molecule has 0 saturated carbocycles. The van der Waals surface area contributed by atoms with Gasteiger partial charge in [-0.05, 0) is 31.9 Å². The molecule has 2 amide bonds. The minimum atomic E-state index is -1.11. The van der Waals surface area contributed by atoms with E-state index in [1.807, 2.05) is 0 Å². The second kappa shape index (κ2) is 9.38. The highest BCUT2D eigenvalue weighted by Crippen LogP contribution is 2.02. The zero-order valence-electron chi connectivity index (χ0n) is 12.4. The van der Waals surface area contributed by atoms with Crippen LogP contribution in [0.1, 0.15) is 30.1 Å². The summed E-state index contributed by atoms with van der Waals surface area (Å²) in [5.41, 5.74) is 0.401. The third-order valence-corrected chi connectivity index (χ3v) is 2.85. The highest BCUT2D eigenvalue weighted by atomic mass is 16.5. The lowest BCUT2D eigenvalue weighted by Crippen LogP contribution is -2.41. The Bertz CT molecular complexity index is 504. The minimum absolute atomic E-state index is 0.209. The van der Waals surface area contributed by atoms with Crippen LogP contribution >= 0.6 is 0 Å². The van der Waals surface area contributed by atoms with E-state index < -0.39 is 24.0 Å². The number of hydrogen-bond acceptors (Lipinski definition) is 4. The number of amides is 2. The van der Waals surface area contributed by atoms with Crippen LogP contribution in [0.15, 0.2) is 30.3 Å². The first-order valence-electron chi connectivity index (χ1n) is 7.04. The van der Waals surface area contributed by atoms with Crippen molar-refractivity contribution in [3.63, 3.8) is 0 Å². The molecule has 1 aromatic carbocycles. The molecule has 0 radical (unpaired) electrons. The van der Waals surface area contributed by atoms with Gasteiger partial charge in [-0.3, -0.25) is 4.79 Å². The van der Waals surface area contributed by atoms with Gasteiger partial charge >= 0.3 is 12.1 Å². The van der Waals surface area contributed by atoms with Crippen LogP contribution in [0.3, 0.4) is 0 Å². The van der Waals surface area contributed by atoms with Crippen LogP contribution in [0.5, 0.6) is 0 Å². The second-order valence-corrected chi connectivity index (χ2v) is 4.52. The molecule has 1 atom stereocenters. The van der Waals surface area contributed by atoms with Gasteiger partial charge in [-0.25, -0.2) is 9.59 Å². The number of carboxylic acid groups (broad SMARTS) is 1. The normalized spacial score (nSPS) is 11.3. The Labute approximate surface area is 128 Å². The van der Waals surface area contributed by atoms with E-state index in [2.05, 4.69) is 15.4 Å². The number of carbonyl (C=O) groups is 3. The third kappa shape index (κ3) is 6.25. The van der Waals surface area contributed by atoms with E-state index in [-0.39, 0.29) is 19.6 Å². The molecule has 0 unspecified atom stereocenters. The minimum Gasteiger partial charge on any atom is -0.480 e. The van der Waals surface area contributed by atoms with Crippen LogP contribution in [0.25, 0.3) is 0 Å². The summed E-state index contributed by atoms with van der Waals surface area (Å²) < 4.78 is 4.68. The molecule has 7 heteroatoms. The summed E-state index contributed by atoms with van der Waals surface area (Å²) in [5.74, 6) is -1.55. The molecule has 0 heterocycles. The molecule has 120 valence electrons. The van der Waals surface area contributed by atoms with Gasteiger partial charge in [0, 0.05) is 12.1 Å². The van der Waals surface area contributed by atoms with E-state index in [1.165, 1.54) is 0 Å². The first-order chi connectivity index (χ1) is 10.5. The van der Waals surface area contributed by atoms with Crippen molar-refractivity contribution < 1.29 is 24.2 Å². The zero-order valence-corrected chi connectivity index (χ0v) is 12.4. The number of carbonyl (C=O) groups excluding carboxylic acids is 2. The van der Waals surface area contributed by atoms with Crippen LogP contribution in [0, 0.1) is 0 Å². The molecule has 1 aromatic rings. The van der Waals surface area contributed by atoms with Crippen LogP contribution < -0.4 is 10.6 Å². The second-order valence-electron chi connectivity index (χ2n) is 4.52. The highest BCUT2D eigenvalue weighted by molar-refractivity contribution is 5.96. The van der Waals surface area contributed by atoms with Gasteiger partial charge in [0.05, 0.1) is 6.61 Å². The van der Waals surface area contributed by atoms with Crippen molar-refractivity contribution in [1.82, 2.24) is 10.6 Å². The van der Waals surface area contributed by atoms with Crippen molar-refractivity contribution in [3.8, 4) is 0 Å². The lowest BCUT2D eigenvalue weighted by Gasteiger charge is -2.14. The van der Waals surface area contributed by atoms with E-state index >= 15 is 0 Å². The van der Waals surface area contributed by atoms with E-state index in [0.29, 0.717) is 12.0 Å². The van der Waals surface area contributed by atoms with E-state index in [0.717, 1.165) is 0 Å². The molecular formula is C15H20N2O5. The fourth-order valence-electron chi connectivity index (χ4n) is 1.77.